The highest BCUT2D eigenvalue weighted by Crippen LogP contribution is 2.15. The van der Waals surface area contributed by atoms with Gasteiger partial charge in [0.1, 0.15) is 0 Å². The number of aryl methyl sites for hydroxylation is 2. The second-order valence-electron chi connectivity index (χ2n) is 3.83. The number of rotatable bonds is 1. The normalized spacial score (nSPS) is 10.6. The van der Waals surface area contributed by atoms with Crippen LogP contribution in [0.2, 0.25) is 0 Å². The first kappa shape index (κ1) is 9.77. The molecule has 0 aliphatic heterocycles. The van der Waals surface area contributed by atoms with Crippen molar-refractivity contribution in [2.45, 2.75) is 20.8 Å². The zero-order chi connectivity index (χ0) is 11.0. The van der Waals surface area contributed by atoms with Gasteiger partial charge < -0.3 is 0 Å². The summed E-state index contributed by atoms with van der Waals surface area (Å²) in [5.74, 6) is 0. The molecular weight excluding hydrogens is 188 g/mol. The van der Waals surface area contributed by atoms with E-state index in [1.54, 1.807) is 10.7 Å². The van der Waals surface area contributed by atoms with Crippen molar-refractivity contribution in [2.75, 3.05) is 0 Å². The lowest BCUT2D eigenvalue weighted by Crippen LogP contribution is -2.14. The number of aromatic amines is 1. The molecule has 3 heteroatoms. The Hall–Kier alpha value is -1.77. The predicted molar refractivity (Wildman–Crippen MR) is 60.6 cm³/mol. The van der Waals surface area contributed by atoms with Gasteiger partial charge in [-0.1, -0.05) is 12.1 Å². The minimum atomic E-state index is -0.0128. The summed E-state index contributed by atoms with van der Waals surface area (Å²) in [6.45, 7) is 5.94. The minimum absolute atomic E-state index is 0.0128. The van der Waals surface area contributed by atoms with Crippen molar-refractivity contribution in [3.8, 4) is 5.69 Å². The summed E-state index contributed by atoms with van der Waals surface area (Å²) in [7, 11) is 0. The second kappa shape index (κ2) is 3.42. The number of aromatic nitrogens is 2. The van der Waals surface area contributed by atoms with E-state index >= 15 is 0 Å². The first-order chi connectivity index (χ1) is 7.09. The van der Waals surface area contributed by atoms with Crippen LogP contribution in [-0.4, -0.2) is 9.78 Å². The van der Waals surface area contributed by atoms with Crippen molar-refractivity contribution in [3.63, 3.8) is 0 Å². The van der Waals surface area contributed by atoms with Gasteiger partial charge >= 0.3 is 0 Å². The lowest BCUT2D eigenvalue weighted by molar-refractivity contribution is 0.827. The van der Waals surface area contributed by atoms with Crippen LogP contribution in [0.3, 0.4) is 0 Å². The van der Waals surface area contributed by atoms with E-state index in [-0.39, 0.29) is 5.56 Å². The van der Waals surface area contributed by atoms with E-state index in [2.05, 4.69) is 5.10 Å². The van der Waals surface area contributed by atoms with E-state index in [4.69, 9.17) is 0 Å². The van der Waals surface area contributed by atoms with Gasteiger partial charge in [-0.2, -0.15) is 0 Å². The van der Waals surface area contributed by atoms with Crippen molar-refractivity contribution in [3.05, 3.63) is 51.4 Å². The molecule has 0 bridgehead atoms. The average molecular weight is 202 g/mol. The Morgan fingerprint density at radius 1 is 1.20 bits per heavy atom. The van der Waals surface area contributed by atoms with Gasteiger partial charge in [0.05, 0.1) is 5.69 Å². The fourth-order valence-corrected chi connectivity index (χ4v) is 1.67. The van der Waals surface area contributed by atoms with Crippen LogP contribution < -0.4 is 5.56 Å². The molecule has 0 unspecified atom stereocenters. The molecule has 1 N–H and O–H groups in total. The number of hydrogen-bond acceptors (Lipinski definition) is 1. The maximum atomic E-state index is 11.6. The molecule has 3 nitrogen and oxygen atoms in total. The van der Waals surface area contributed by atoms with E-state index in [1.165, 1.54) is 5.56 Å². The van der Waals surface area contributed by atoms with Gasteiger partial charge in [0.15, 0.2) is 0 Å². The second-order valence-corrected chi connectivity index (χ2v) is 3.83. The predicted octanol–water partition coefficient (Wildman–Crippen LogP) is 2.09. The van der Waals surface area contributed by atoms with Crippen LogP contribution in [0.4, 0.5) is 0 Å². The molecule has 78 valence electrons. The third kappa shape index (κ3) is 1.61. The molecule has 0 saturated carbocycles. The van der Waals surface area contributed by atoms with Gasteiger partial charge in [-0.05, 0) is 38.0 Å². The van der Waals surface area contributed by atoms with Gasteiger partial charge in [-0.3, -0.25) is 9.89 Å². The van der Waals surface area contributed by atoms with Gasteiger partial charge in [0.25, 0.3) is 5.56 Å². The van der Waals surface area contributed by atoms with E-state index in [0.29, 0.717) is 0 Å². The number of hydrogen-bond donors (Lipinski definition) is 1. The molecule has 0 saturated heterocycles. The van der Waals surface area contributed by atoms with Gasteiger partial charge in [0.2, 0.25) is 0 Å². The first-order valence-corrected chi connectivity index (χ1v) is 4.95. The molecule has 0 aliphatic carbocycles. The van der Waals surface area contributed by atoms with Crippen LogP contribution in [0.1, 0.15) is 16.8 Å². The maximum Gasteiger partial charge on any atom is 0.271 e. The SMILES string of the molecule is Cc1cc(=O)n(-c2cccc(C)c2C)[nH]1. The maximum absolute atomic E-state index is 11.6. The zero-order valence-electron chi connectivity index (χ0n) is 9.16. The van der Waals surface area contributed by atoms with E-state index in [0.717, 1.165) is 16.9 Å². The Kier molecular flexibility index (Phi) is 2.23. The van der Waals surface area contributed by atoms with Crippen molar-refractivity contribution in [1.29, 1.82) is 0 Å². The Morgan fingerprint density at radius 3 is 2.53 bits per heavy atom. The number of benzene rings is 1. The Balaban J connectivity index is 2.69. The highest BCUT2D eigenvalue weighted by atomic mass is 16.1. The summed E-state index contributed by atoms with van der Waals surface area (Å²) >= 11 is 0. The Bertz CT molecular complexity index is 549. The molecular formula is C12H14N2O. The average Bonchev–Trinajstić information content (AvgIpc) is 2.50. The summed E-state index contributed by atoms with van der Waals surface area (Å²) in [4.78, 5) is 11.6. The Labute approximate surface area is 88.4 Å². The molecule has 0 atom stereocenters. The Morgan fingerprint density at radius 2 is 1.93 bits per heavy atom. The molecule has 2 aromatic rings. The monoisotopic (exact) mass is 202 g/mol. The van der Waals surface area contributed by atoms with E-state index < -0.39 is 0 Å². The molecule has 1 aromatic heterocycles. The van der Waals surface area contributed by atoms with Crippen LogP contribution in [0.25, 0.3) is 5.69 Å². The van der Waals surface area contributed by atoms with Crippen molar-refractivity contribution < 1.29 is 0 Å². The van der Waals surface area contributed by atoms with E-state index in [1.807, 2.05) is 39.0 Å². The molecule has 0 radical (unpaired) electrons. The molecule has 0 spiro atoms. The van der Waals surface area contributed by atoms with Crippen molar-refractivity contribution in [1.82, 2.24) is 9.78 Å². The van der Waals surface area contributed by atoms with Gasteiger partial charge in [0, 0.05) is 11.8 Å². The zero-order valence-corrected chi connectivity index (χ0v) is 9.16. The van der Waals surface area contributed by atoms with Gasteiger partial charge in [-0.25, -0.2) is 4.68 Å². The highest BCUT2D eigenvalue weighted by molar-refractivity contribution is 5.44. The highest BCUT2D eigenvalue weighted by Gasteiger charge is 2.06. The standard InChI is InChI=1S/C12H14N2O/c1-8-5-4-6-11(10(8)3)14-12(15)7-9(2)13-14/h4-7,13H,1-3H3. The molecule has 2 rings (SSSR count). The molecule has 1 heterocycles. The summed E-state index contributed by atoms with van der Waals surface area (Å²) in [5, 5.41) is 3.03. The molecule has 1 aromatic carbocycles. The van der Waals surface area contributed by atoms with Crippen molar-refractivity contribution >= 4 is 0 Å². The van der Waals surface area contributed by atoms with Crippen molar-refractivity contribution in [2.24, 2.45) is 0 Å². The van der Waals surface area contributed by atoms with Crippen LogP contribution >= 0.6 is 0 Å². The lowest BCUT2D eigenvalue weighted by Gasteiger charge is -2.08. The molecule has 15 heavy (non-hydrogen) atoms. The third-order valence-electron chi connectivity index (χ3n) is 2.67. The lowest BCUT2D eigenvalue weighted by atomic mass is 10.1. The fraction of sp³-hybridized carbons (Fsp3) is 0.250. The molecule has 0 fully saturated rings. The first-order valence-electron chi connectivity index (χ1n) is 4.95. The third-order valence-corrected chi connectivity index (χ3v) is 2.67. The van der Waals surface area contributed by atoms with E-state index in [9.17, 15) is 4.79 Å². The largest absolute Gasteiger partial charge is 0.295 e. The summed E-state index contributed by atoms with van der Waals surface area (Å²) < 4.78 is 1.58. The summed E-state index contributed by atoms with van der Waals surface area (Å²) in [6, 6.07) is 7.54. The van der Waals surface area contributed by atoms with Crippen LogP contribution in [-0.2, 0) is 0 Å². The minimum Gasteiger partial charge on any atom is -0.295 e. The smallest absolute Gasteiger partial charge is 0.271 e. The topological polar surface area (TPSA) is 37.8 Å². The van der Waals surface area contributed by atoms with Crippen LogP contribution in [0, 0.1) is 20.8 Å². The fourth-order valence-electron chi connectivity index (χ4n) is 1.67. The summed E-state index contributed by atoms with van der Waals surface area (Å²) in [5.41, 5.74) is 4.10. The van der Waals surface area contributed by atoms with Gasteiger partial charge in [-0.15, -0.1) is 0 Å². The number of nitrogens with one attached hydrogen (secondary N) is 1. The molecule has 0 aliphatic rings. The molecule has 0 amide bonds. The van der Waals surface area contributed by atoms with Crippen LogP contribution in [0.15, 0.2) is 29.1 Å². The summed E-state index contributed by atoms with van der Waals surface area (Å²) in [6.07, 6.45) is 0. The van der Waals surface area contributed by atoms with Crippen LogP contribution in [0.5, 0.6) is 0 Å². The quantitative estimate of drug-likeness (QED) is 0.755. The number of nitrogens with zero attached hydrogens (tertiary/aromatic N) is 1. The number of H-pyrrole nitrogens is 1.